The molecule has 2 amide bonds. The lowest BCUT2D eigenvalue weighted by atomic mass is 9.95. The van der Waals surface area contributed by atoms with Gasteiger partial charge in [-0.1, -0.05) is 41.9 Å². The summed E-state index contributed by atoms with van der Waals surface area (Å²) in [4.78, 5) is 31.8. The van der Waals surface area contributed by atoms with Gasteiger partial charge >= 0.3 is 0 Å². The van der Waals surface area contributed by atoms with Crippen LogP contribution in [0.5, 0.6) is 5.75 Å². The van der Waals surface area contributed by atoms with Gasteiger partial charge in [-0.3, -0.25) is 9.59 Å². The first-order valence-electron chi connectivity index (χ1n) is 11.0. The SMILES string of the molecule is Cc1ccc(NC(=O)C2CCN(C(=O)c3ccccc3OCc3ccc(Cl)cc3)CC2)nc1. The second kappa shape index (κ2) is 10.5. The Hall–Kier alpha value is -3.38. The molecular formula is C26H26ClN3O3. The van der Waals surface area contributed by atoms with Gasteiger partial charge in [0.05, 0.1) is 5.56 Å². The molecule has 0 unspecified atom stereocenters. The van der Waals surface area contributed by atoms with Crippen LogP contribution in [0.15, 0.2) is 66.9 Å². The average Bonchev–Trinajstić information content (AvgIpc) is 2.85. The van der Waals surface area contributed by atoms with Crippen molar-refractivity contribution in [1.82, 2.24) is 9.88 Å². The largest absolute Gasteiger partial charge is 0.488 e. The molecule has 33 heavy (non-hydrogen) atoms. The Morgan fingerprint density at radius 3 is 2.48 bits per heavy atom. The molecule has 2 aromatic carbocycles. The van der Waals surface area contributed by atoms with E-state index in [0.29, 0.717) is 54.7 Å². The van der Waals surface area contributed by atoms with Crippen molar-refractivity contribution in [2.75, 3.05) is 18.4 Å². The molecule has 7 heteroatoms. The summed E-state index contributed by atoms with van der Waals surface area (Å²) in [6.07, 6.45) is 2.94. The highest BCUT2D eigenvalue weighted by atomic mass is 35.5. The van der Waals surface area contributed by atoms with Crippen LogP contribution in [0.2, 0.25) is 5.02 Å². The van der Waals surface area contributed by atoms with Crippen LogP contribution < -0.4 is 10.1 Å². The van der Waals surface area contributed by atoms with Crippen LogP contribution in [-0.2, 0) is 11.4 Å². The van der Waals surface area contributed by atoms with Crippen LogP contribution in [0.1, 0.15) is 34.3 Å². The fraction of sp³-hybridized carbons (Fsp3) is 0.269. The van der Waals surface area contributed by atoms with E-state index in [0.717, 1.165) is 11.1 Å². The van der Waals surface area contributed by atoms with Crippen molar-refractivity contribution in [3.05, 3.63) is 88.6 Å². The maximum absolute atomic E-state index is 13.2. The number of benzene rings is 2. The third-order valence-electron chi connectivity index (χ3n) is 5.74. The van der Waals surface area contributed by atoms with Gasteiger partial charge in [-0.2, -0.15) is 0 Å². The number of rotatable bonds is 6. The standard InChI is InChI=1S/C26H26ClN3O3/c1-18-6-11-24(28-16-18)29-25(31)20-12-14-30(15-13-20)26(32)22-4-2-3-5-23(22)33-17-19-7-9-21(27)10-8-19/h2-11,16,20H,12-15,17H2,1H3,(H,28,29,31). The number of hydrogen-bond donors (Lipinski definition) is 1. The molecular weight excluding hydrogens is 438 g/mol. The summed E-state index contributed by atoms with van der Waals surface area (Å²) in [6, 6.07) is 18.4. The number of aromatic nitrogens is 1. The molecule has 0 bridgehead atoms. The smallest absolute Gasteiger partial charge is 0.257 e. The summed E-state index contributed by atoms with van der Waals surface area (Å²) in [5, 5.41) is 3.55. The Morgan fingerprint density at radius 2 is 1.79 bits per heavy atom. The Labute approximate surface area is 198 Å². The molecule has 3 aromatic rings. The van der Waals surface area contributed by atoms with E-state index in [1.54, 1.807) is 29.3 Å². The van der Waals surface area contributed by atoms with E-state index in [9.17, 15) is 9.59 Å². The van der Waals surface area contributed by atoms with Gasteiger partial charge in [0.1, 0.15) is 18.2 Å². The number of amides is 2. The van der Waals surface area contributed by atoms with E-state index >= 15 is 0 Å². The van der Waals surface area contributed by atoms with Crippen LogP contribution >= 0.6 is 11.6 Å². The third-order valence-corrected chi connectivity index (χ3v) is 5.99. The van der Waals surface area contributed by atoms with Crippen molar-refractivity contribution in [1.29, 1.82) is 0 Å². The predicted molar refractivity (Wildman–Crippen MR) is 128 cm³/mol. The summed E-state index contributed by atoms with van der Waals surface area (Å²) in [5.41, 5.74) is 2.53. The molecule has 1 N–H and O–H groups in total. The first-order valence-corrected chi connectivity index (χ1v) is 11.4. The fourth-order valence-corrected chi connectivity index (χ4v) is 3.92. The summed E-state index contributed by atoms with van der Waals surface area (Å²) >= 11 is 5.94. The second-order valence-corrected chi connectivity index (χ2v) is 8.62. The van der Waals surface area contributed by atoms with Gasteiger partial charge < -0.3 is 15.0 Å². The van der Waals surface area contributed by atoms with E-state index in [1.807, 2.05) is 49.4 Å². The normalized spacial score (nSPS) is 14.1. The minimum absolute atomic E-state index is 0.0508. The third kappa shape index (κ3) is 5.90. The van der Waals surface area contributed by atoms with Crippen molar-refractivity contribution in [2.24, 2.45) is 5.92 Å². The highest BCUT2D eigenvalue weighted by molar-refractivity contribution is 6.30. The minimum atomic E-state index is -0.145. The lowest BCUT2D eigenvalue weighted by Gasteiger charge is -2.31. The first kappa shape index (κ1) is 22.8. The zero-order chi connectivity index (χ0) is 23.2. The average molecular weight is 464 g/mol. The number of hydrogen-bond acceptors (Lipinski definition) is 4. The lowest BCUT2D eigenvalue weighted by molar-refractivity contribution is -0.121. The van der Waals surface area contributed by atoms with Crippen molar-refractivity contribution < 1.29 is 14.3 Å². The van der Waals surface area contributed by atoms with Crippen LogP contribution in [0.3, 0.4) is 0 Å². The molecule has 170 valence electrons. The molecule has 0 atom stereocenters. The van der Waals surface area contributed by atoms with E-state index in [1.165, 1.54) is 0 Å². The number of pyridine rings is 1. The number of aryl methyl sites for hydroxylation is 1. The van der Waals surface area contributed by atoms with Crippen LogP contribution in [0, 0.1) is 12.8 Å². The van der Waals surface area contributed by atoms with Gasteiger partial charge in [0.15, 0.2) is 0 Å². The first-order chi connectivity index (χ1) is 16.0. The summed E-state index contributed by atoms with van der Waals surface area (Å²) < 4.78 is 5.95. The maximum atomic E-state index is 13.2. The minimum Gasteiger partial charge on any atom is -0.488 e. The molecule has 6 nitrogen and oxygen atoms in total. The van der Waals surface area contributed by atoms with Gasteiger partial charge in [-0.25, -0.2) is 4.98 Å². The lowest BCUT2D eigenvalue weighted by Crippen LogP contribution is -2.41. The molecule has 1 saturated heterocycles. The highest BCUT2D eigenvalue weighted by Gasteiger charge is 2.29. The number of para-hydroxylation sites is 1. The number of piperidine rings is 1. The molecule has 1 aromatic heterocycles. The summed E-state index contributed by atoms with van der Waals surface area (Å²) in [7, 11) is 0. The Morgan fingerprint density at radius 1 is 1.06 bits per heavy atom. The molecule has 4 rings (SSSR count). The number of carbonyl (C=O) groups is 2. The van der Waals surface area contributed by atoms with Crippen molar-refractivity contribution in [3.63, 3.8) is 0 Å². The van der Waals surface area contributed by atoms with E-state index < -0.39 is 0 Å². The number of carbonyl (C=O) groups excluding carboxylic acids is 2. The van der Waals surface area contributed by atoms with Crippen molar-refractivity contribution >= 4 is 29.2 Å². The number of ether oxygens (including phenoxy) is 1. The van der Waals surface area contributed by atoms with E-state index in [4.69, 9.17) is 16.3 Å². The van der Waals surface area contributed by atoms with Crippen molar-refractivity contribution in [3.8, 4) is 5.75 Å². The topological polar surface area (TPSA) is 71.5 Å². The van der Waals surface area contributed by atoms with Gasteiger partial charge in [0.25, 0.3) is 5.91 Å². The monoisotopic (exact) mass is 463 g/mol. The number of halogens is 1. The quantitative estimate of drug-likeness (QED) is 0.551. The number of nitrogens with one attached hydrogen (secondary N) is 1. The molecule has 0 saturated carbocycles. The van der Waals surface area contributed by atoms with Gasteiger partial charge in [-0.15, -0.1) is 0 Å². The zero-order valence-electron chi connectivity index (χ0n) is 18.5. The summed E-state index contributed by atoms with van der Waals surface area (Å²) in [6.45, 7) is 3.33. The molecule has 0 radical (unpaired) electrons. The van der Waals surface area contributed by atoms with Crippen LogP contribution in [-0.4, -0.2) is 34.8 Å². The highest BCUT2D eigenvalue weighted by Crippen LogP contribution is 2.25. The van der Waals surface area contributed by atoms with Crippen LogP contribution in [0.4, 0.5) is 5.82 Å². The Balaban J connectivity index is 1.34. The fourth-order valence-electron chi connectivity index (χ4n) is 3.80. The van der Waals surface area contributed by atoms with Crippen molar-refractivity contribution in [2.45, 2.75) is 26.4 Å². The van der Waals surface area contributed by atoms with Gasteiger partial charge in [0.2, 0.25) is 5.91 Å². The molecule has 1 fully saturated rings. The molecule has 2 heterocycles. The number of anilines is 1. The number of nitrogens with zero attached hydrogens (tertiary/aromatic N) is 2. The van der Waals surface area contributed by atoms with Gasteiger partial charge in [-0.05, 0) is 61.2 Å². The zero-order valence-corrected chi connectivity index (χ0v) is 19.2. The Bertz CT molecular complexity index is 1110. The second-order valence-electron chi connectivity index (χ2n) is 8.19. The van der Waals surface area contributed by atoms with Gasteiger partial charge in [0, 0.05) is 30.2 Å². The van der Waals surface area contributed by atoms with E-state index in [-0.39, 0.29) is 17.7 Å². The molecule has 0 spiro atoms. The maximum Gasteiger partial charge on any atom is 0.257 e. The van der Waals surface area contributed by atoms with E-state index in [2.05, 4.69) is 10.3 Å². The molecule has 1 aliphatic rings. The molecule has 1 aliphatic heterocycles. The number of likely N-dealkylation sites (tertiary alicyclic amines) is 1. The summed E-state index contributed by atoms with van der Waals surface area (Å²) in [5.74, 6) is 0.818. The Kier molecular flexibility index (Phi) is 7.25. The predicted octanol–water partition coefficient (Wildman–Crippen LogP) is 5.11. The molecule has 0 aliphatic carbocycles. The van der Waals surface area contributed by atoms with Crippen LogP contribution in [0.25, 0.3) is 0 Å².